The maximum Gasteiger partial charge on any atom is 0.310 e. The van der Waals surface area contributed by atoms with Crippen molar-refractivity contribution in [2.45, 2.75) is 32.7 Å². The number of rotatable bonds is 4. The Labute approximate surface area is 152 Å². The molecule has 0 saturated carbocycles. The van der Waals surface area contributed by atoms with Gasteiger partial charge in [0.1, 0.15) is 0 Å². The highest BCUT2D eigenvalue weighted by molar-refractivity contribution is 6.30. The molecule has 4 rings (SSSR count). The van der Waals surface area contributed by atoms with Crippen molar-refractivity contribution in [3.8, 4) is 11.3 Å². The summed E-state index contributed by atoms with van der Waals surface area (Å²) in [5.74, 6) is -0.179. The van der Waals surface area contributed by atoms with Gasteiger partial charge in [-0.05, 0) is 48.6 Å². The Kier molecular flexibility index (Phi) is 4.26. The summed E-state index contributed by atoms with van der Waals surface area (Å²) < 4.78 is 7.59. The molecule has 25 heavy (non-hydrogen) atoms. The SMILES string of the molecule is CCOC(=O)Cc1c(-c2ccc(Cl)cc2)n2c3c(cccc13)CCC2. The first-order valence-corrected chi connectivity index (χ1v) is 9.11. The topological polar surface area (TPSA) is 31.2 Å². The lowest BCUT2D eigenvalue weighted by Gasteiger charge is -2.18. The van der Waals surface area contributed by atoms with E-state index < -0.39 is 0 Å². The van der Waals surface area contributed by atoms with E-state index in [0.29, 0.717) is 18.1 Å². The zero-order valence-corrected chi connectivity index (χ0v) is 15.0. The number of benzene rings is 2. The molecule has 3 aromatic rings. The summed E-state index contributed by atoms with van der Waals surface area (Å²) in [5.41, 5.74) is 5.88. The van der Waals surface area contributed by atoms with Gasteiger partial charge in [-0.15, -0.1) is 0 Å². The van der Waals surface area contributed by atoms with Crippen LogP contribution in [0.5, 0.6) is 0 Å². The highest BCUT2D eigenvalue weighted by Crippen LogP contribution is 2.38. The van der Waals surface area contributed by atoms with Crippen molar-refractivity contribution >= 4 is 28.5 Å². The van der Waals surface area contributed by atoms with Gasteiger partial charge in [0.2, 0.25) is 0 Å². The van der Waals surface area contributed by atoms with E-state index in [1.165, 1.54) is 11.1 Å². The number of nitrogens with zero attached hydrogens (tertiary/aromatic N) is 1. The van der Waals surface area contributed by atoms with Gasteiger partial charge in [0, 0.05) is 17.0 Å². The van der Waals surface area contributed by atoms with E-state index in [2.05, 4.69) is 22.8 Å². The fraction of sp³-hybridized carbons (Fsp3) is 0.286. The third-order valence-electron chi connectivity index (χ3n) is 4.84. The number of carbonyl (C=O) groups excluding carboxylic acids is 1. The highest BCUT2D eigenvalue weighted by atomic mass is 35.5. The van der Waals surface area contributed by atoms with Crippen molar-refractivity contribution in [2.75, 3.05) is 6.61 Å². The van der Waals surface area contributed by atoms with Crippen molar-refractivity contribution in [2.24, 2.45) is 0 Å². The Hall–Kier alpha value is -2.26. The van der Waals surface area contributed by atoms with E-state index in [9.17, 15) is 4.79 Å². The maximum atomic E-state index is 12.2. The number of hydrogen-bond acceptors (Lipinski definition) is 2. The van der Waals surface area contributed by atoms with E-state index in [1.54, 1.807) is 0 Å². The molecule has 0 aliphatic carbocycles. The molecule has 0 amide bonds. The summed E-state index contributed by atoms with van der Waals surface area (Å²) in [6.07, 6.45) is 2.49. The predicted molar refractivity (Wildman–Crippen MR) is 101 cm³/mol. The maximum absolute atomic E-state index is 12.2. The predicted octanol–water partition coefficient (Wildman–Crippen LogP) is 5.01. The largest absolute Gasteiger partial charge is 0.466 e. The van der Waals surface area contributed by atoms with Crippen LogP contribution >= 0.6 is 11.6 Å². The van der Waals surface area contributed by atoms with Crippen molar-refractivity contribution in [3.63, 3.8) is 0 Å². The molecule has 0 unspecified atom stereocenters. The molecule has 0 bridgehead atoms. The average Bonchev–Trinajstić information content (AvgIpc) is 2.92. The van der Waals surface area contributed by atoms with Gasteiger partial charge in [-0.1, -0.05) is 41.9 Å². The fourth-order valence-electron chi connectivity index (χ4n) is 3.88. The smallest absolute Gasteiger partial charge is 0.310 e. The molecule has 2 heterocycles. The van der Waals surface area contributed by atoms with Crippen molar-refractivity contribution < 1.29 is 9.53 Å². The van der Waals surface area contributed by atoms with Gasteiger partial charge in [-0.3, -0.25) is 4.79 Å². The van der Waals surface area contributed by atoms with E-state index >= 15 is 0 Å². The number of aromatic nitrogens is 1. The molecule has 2 aromatic carbocycles. The summed E-state index contributed by atoms with van der Waals surface area (Å²) in [6.45, 7) is 3.21. The van der Waals surface area contributed by atoms with Crippen LogP contribution in [0.3, 0.4) is 0 Å². The first kappa shape index (κ1) is 16.2. The molecule has 0 N–H and O–H groups in total. The number of ether oxygens (including phenoxy) is 1. The van der Waals surface area contributed by atoms with Crippen LogP contribution in [0.25, 0.3) is 22.2 Å². The number of esters is 1. The summed E-state index contributed by atoms with van der Waals surface area (Å²) in [4.78, 5) is 12.2. The van der Waals surface area contributed by atoms with Crippen LogP contribution in [0.4, 0.5) is 0 Å². The van der Waals surface area contributed by atoms with Crippen LogP contribution in [0.2, 0.25) is 5.02 Å². The van der Waals surface area contributed by atoms with E-state index in [4.69, 9.17) is 16.3 Å². The number of hydrogen-bond donors (Lipinski definition) is 0. The second-order valence-electron chi connectivity index (χ2n) is 6.38. The number of carbonyl (C=O) groups is 1. The van der Waals surface area contributed by atoms with Gasteiger partial charge < -0.3 is 9.30 Å². The standard InChI is InChI=1S/C21H20ClNO2/c1-2-25-19(24)13-18-17-7-3-5-14-6-4-12-23(20(14)17)21(18)15-8-10-16(22)11-9-15/h3,5,7-11H,2,4,6,12-13H2,1H3. The van der Waals surface area contributed by atoms with Gasteiger partial charge >= 0.3 is 5.97 Å². The van der Waals surface area contributed by atoms with Crippen LogP contribution in [0, 0.1) is 0 Å². The quantitative estimate of drug-likeness (QED) is 0.617. The monoisotopic (exact) mass is 353 g/mol. The normalized spacial score (nSPS) is 13.2. The molecule has 0 atom stereocenters. The molecular weight excluding hydrogens is 334 g/mol. The van der Waals surface area contributed by atoms with E-state index in [0.717, 1.165) is 41.6 Å². The molecule has 0 saturated heterocycles. The third-order valence-corrected chi connectivity index (χ3v) is 5.09. The van der Waals surface area contributed by atoms with Crippen LogP contribution < -0.4 is 0 Å². The van der Waals surface area contributed by atoms with Gasteiger partial charge in [0.25, 0.3) is 0 Å². The minimum absolute atomic E-state index is 0.179. The third kappa shape index (κ3) is 2.83. The van der Waals surface area contributed by atoms with Crippen LogP contribution in [-0.2, 0) is 28.9 Å². The molecule has 1 aliphatic rings. The van der Waals surface area contributed by atoms with Crippen LogP contribution in [0.15, 0.2) is 42.5 Å². The van der Waals surface area contributed by atoms with Crippen molar-refractivity contribution in [1.29, 1.82) is 0 Å². The van der Waals surface area contributed by atoms with Crippen LogP contribution in [0.1, 0.15) is 24.5 Å². The molecular formula is C21H20ClNO2. The molecule has 4 heteroatoms. The molecule has 0 spiro atoms. The number of halogens is 1. The zero-order valence-electron chi connectivity index (χ0n) is 14.2. The second-order valence-corrected chi connectivity index (χ2v) is 6.82. The van der Waals surface area contributed by atoms with Gasteiger partial charge in [-0.25, -0.2) is 0 Å². The molecule has 0 radical (unpaired) electrons. The Morgan fingerprint density at radius 1 is 1.20 bits per heavy atom. The average molecular weight is 354 g/mol. The summed E-state index contributed by atoms with van der Waals surface area (Å²) in [5, 5.41) is 1.88. The zero-order chi connectivity index (χ0) is 17.4. The first-order chi connectivity index (χ1) is 12.2. The minimum atomic E-state index is -0.179. The lowest BCUT2D eigenvalue weighted by Crippen LogP contribution is -2.10. The number of aryl methyl sites for hydroxylation is 2. The molecule has 3 nitrogen and oxygen atoms in total. The minimum Gasteiger partial charge on any atom is -0.466 e. The van der Waals surface area contributed by atoms with Crippen molar-refractivity contribution in [3.05, 3.63) is 58.6 Å². The van der Waals surface area contributed by atoms with Crippen LogP contribution in [-0.4, -0.2) is 17.1 Å². The Morgan fingerprint density at radius 2 is 2.00 bits per heavy atom. The Morgan fingerprint density at radius 3 is 2.76 bits per heavy atom. The molecule has 1 aliphatic heterocycles. The van der Waals surface area contributed by atoms with Crippen molar-refractivity contribution in [1.82, 2.24) is 4.57 Å². The van der Waals surface area contributed by atoms with E-state index in [-0.39, 0.29) is 5.97 Å². The fourth-order valence-corrected chi connectivity index (χ4v) is 4.01. The lowest BCUT2D eigenvalue weighted by molar-refractivity contribution is -0.142. The lowest BCUT2D eigenvalue weighted by atomic mass is 10.0. The van der Waals surface area contributed by atoms with Gasteiger partial charge in [0.05, 0.1) is 24.2 Å². The van der Waals surface area contributed by atoms with Gasteiger partial charge in [0.15, 0.2) is 0 Å². The van der Waals surface area contributed by atoms with Gasteiger partial charge in [-0.2, -0.15) is 0 Å². The Balaban J connectivity index is 1.97. The molecule has 128 valence electrons. The summed E-state index contributed by atoms with van der Waals surface area (Å²) >= 11 is 6.07. The second kappa shape index (κ2) is 6.57. The summed E-state index contributed by atoms with van der Waals surface area (Å²) in [6, 6.07) is 14.3. The number of para-hydroxylation sites is 1. The first-order valence-electron chi connectivity index (χ1n) is 8.73. The Bertz CT molecular complexity index is 941. The molecule has 0 fully saturated rings. The van der Waals surface area contributed by atoms with E-state index in [1.807, 2.05) is 31.2 Å². The highest BCUT2D eigenvalue weighted by Gasteiger charge is 2.24. The molecule has 1 aromatic heterocycles. The summed E-state index contributed by atoms with van der Waals surface area (Å²) in [7, 11) is 0.